The number of hydrogen-bond acceptors (Lipinski definition) is 9. The van der Waals surface area contributed by atoms with E-state index in [2.05, 4.69) is 33.1 Å². The van der Waals surface area contributed by atoms with Crippen molar-refractivity contribution in [1.82, 2.24) is 15.5 Å². The van der Waals surface area contributed by atoms with Crippen LogP contribution in [-0.4, -0.2) is 80.7 Å². The predicted molar refractivity (Wildman–Crippen MR) is 165 cm³/mol. The van der Waals surface area contributed by atoms with Gasteiger partial charge in [-0.05, 0) is 67.2 Å². The molecule has 3 saturated carbocycles. The molecule has 3 amide bonds. The fourth-order valence-electron chi connectivity index (χ4n) is 6.56. The van der Waals surface area contributed by atoms with Crippen molar-refractivity contribution in [3.8, 4) is 0 Å². The number of fused-ring (bicyclic) bond motifs is 1. The largest absolute Gasteiger partial charge is 0.467 e. The van der Waals surface area contributed by atoms with E-state index < -0.39 is 63.1 Å². The van der Waals surface area contributed by atoms with E-state index in [-0.39, 0.29) is 36.3 Å². The van der Waals surface area contributed by atoms with Crippen molar-refractivity contribution in [1.29, 1.82) is 0 Å². The lowest BCUT2D eigenvalue weighted by atomic mass is 9.85. The van der Waals surface area contributed by atoms with Gasteiger partial charge in [0, 0.05) is 23.4 Å². The summed E-state index contributed by atoms with van der Waals surface area (Å²) in [6, 6.07) is 3.55. The molecule has 0 unspecified atom stereocenters. The Labute approximate surface area is 271 Å². The van der Waals surface area contributed by atoms with Crippen LogP contribution in [0.3, 0.4) is 0 Å². The Hall–Kier alpha value is -2.97. The summed E-state index contributed by atoms with van der Waals surface area (Å²) in [4.78, 5) is 54.8. The van der Waals surface area contributed by atoms with Crippen LogP contribution in [0.25, 0.3) is 0 Å². The van der Waals surface area contributed by atoms with E-state index in [0.29, 0.717) is 16.3 Å². The molecule has 246 valence electrons. The smallest absolute Gasteiger partial charge is 0.408 e. The summed E-state index contributed by atoms with van der Waals surface area (Å²) in [5, 5.41) is 5.45. The minimum absolute atomic E-state index is 0.0885. The third kappa shape index (κ3) is 7.07. The van der Waals surface area contributed by atoms with Crippen molar-refractivity contribution in [2.24, 2.45) is 23.2 Å². The highest BCUT2D eigenvalue weighted by molar-refractivity contribution is 9.10. The maximum atomic E-state index is 14.2. The van der Waals surface area contributed by atoms with Crippen molar-refractivity contribution < 1.29 is 41.3 Å². The van der Waals surface area contributed by atoms with E-state index in [9.17, 15) is 27.6 Å². The molecular weight excluding hydrogens is 670 g/mol. The lowest BCUT2D eigenvalue weighted by Crippen LogP contribution is -2.59. The number of rotatable bonds is 10. The van der Waals surface area contributed by atoms with Crippen LogP contribution in [0.2, 0.25) is 0 Å². The number of nitrogens with zero attached hydrogens (tertiary/aromatic N) is 1. The van der Waals surface area contributed by atoms with Gasteiger partial charge in [0.25, 0.3) is 10.1 Å². The number of amides is 3. The first-order chi connectivity index (χ1) is 21.1. The molecule has 4 fully saturated rings. The zero-order valence-corrected chi connectivity index (χ0v) is 28.2. The van der Waals surface area contributed by atoms with Crippen molar-refractivity contribution in [2.45, 2.75) is 87.6 Å². The van der Waals surface area contributed by atoms with E-state index in [1.807, 2.05) is 0 Å². The number of esters is 1. The fraction of sp³-hybridized carbons (Fsp3) is 0.613. The Morgan fingerprint density at radius 3 is 2.27 bits per heavy atom. The maximum absolute atomic E-state index is 14.2. The molecule has 0 spiro atoms. The average molecular weight is 711 g/mol. The summed E-state index contributed by atoms with van der Waals surface area (Å²) in [5.41, 5.74) is -2.15. The molecular formula is C31H40BrN3O9S. The summed E-state index contributed by atoms with van der Waals surface area (Å²) < 4.78 is 43.1. The van der Waals surface area contributed by atoms with E-state index in [1.165, 1.54) is 24.1 Å². The van der Waals surface area contributed by atoms with Crippen LogP contribution < -0.4 is 10.6 Å². The van der Waals surface area contributed by atoms with Crippen molar-refractivity contribution in [3.63, 3.8) is 0 Å². The highest BCUT2D eigenvalue weighted by Crippen LogP contribution is 2.52. The summed E-state index contributed by atoms with van der Waals surface area (Å²) in [7, 11) is -3.05. The molecule has 8 atom stereocenters. The summed E-state index contributed by atoms with van der Waals surface area (Å²) in [6.45, 7) is 8.77. The molecule has 0 bridgehead atoms. The highest BCUT2D eigenvalue weighted by Gasteiger charge is 2.62. The van der Waals surface area contributed by atoms with Crippen molar-refractivity contribution >= 4 is 49.9 Å². The monoisotopic (exact) mass is 709 g/mol. The number of carbonyl (C=O) groups excluding carboxylic acids is 4. The minimum Gasteiger partial charge on any atom is -0.467 e. The van der Waals surface area contributed by atoms with E-state index >= 15 is 0 Å². The van der Waals surface area contributed by atoms with Gasteiger partial charge in [-0.25, -0.2) is 9.59 Å². The first kappa shape index (κ1) is 33.4. The predicted octanol–water partition coefficient (Wildman–Crippen LogP) is 3.30. The highest BCUT2D eigenvalue weighted by atomic mass is 79.9. The van der Waals surface area contributed by atoms with Crippen LogP contribution in [-0.2, 0) is 38.2 Å². The van der Waals surface area contributed by atoms with Gasteiger partial charge in [-0.3, -0.25) is 13.8 Å². The zero-order valence-electron chi connectivity index (χ0n) is 25.8. The number of methoxy groups -OCH3 is 1. The number of ether oxygens (including phenoxy) is 2. The third-order valence-electron chi connectivity index (χ3n) is 9.26. The Kier molecular flexibility index (Phi) is 9.15. The van der Waals surface area contributed by atoms with Gasteiger partial charge in [0.1, 0.15) is 23.7 Å². The Morgan fingerprint density at radius 2 is 1.71 bits per heavy atom. The Bertz CT molecular complexity index is 1470. The Morgan fingerprint density at radius 1 is 1.07 bits per heavy atom. The van der Waals surface area contributed by atoms with Gasteiger partial charge >= 0.3 is 12.1 Å². The average Bonchev–Trinajstić information content (AvgIpc) is 3.78. The minimum atomic E-state index is -4.26. The SMILES string of the molecule is C=C[C@@H]1C[C@]1(NC(=O)[C@@H]1C[C@@H](OS(=O)(=O)c2ccc(Br)cc2)CN1C(=O)[C@@H](NC(=O)O[C@@H]1C[C@@H]2C[C@@H]2C1)C(C)(C)C)C(=O)OC. The molecule has 1 aliphatic heterocycles. The fourth-order valence-corrected chi connectivity index (χ4v) is 7.90. The number of benzene rings is 1. The first-order valence-electron chi connectivity index (χ1n) is 15.1. The number of halogens is 1. The summed E-state index contributed by atoms with van der Waals surface area (Å²) in [6.07, 6.45) is 2.40. The van der Waals surface area contributed by atoms with Gasteiger partial charge in [0.05, 0.1) is 18.1 Å². The molecule has 3 aliphatic carbocycles. The topological polar surface area (TPSA) is 157 Å². The second-order valence-corrected chi connectivity index (χ2v) is 16.1. The summed E-state index contributed by atoms with van der Waals surface area (Å²) >= 11 is 3.27. The normalized spacial score (nSPS) is 30.9. The van der Waals surface area contributed by atoms with E-state index in [4.69, 9.17) is 13.7 Å². The van der Waals surface area contributed by atoms with E-state index in [1.54, 1.807) is 39.0 Å². The van der Waals surface area contributed by atoms with Crippen LogP contribution in [0.5, 0.6) is 0 Å². The number of carbonyl (C=O) groups is 4. The molecule has 1 aromatic rings. The quantitative estimate of drug-likeness (QED) is 0.211. The lowest BCUT2D eigenvalue weighted by Gasteiger charge is -2.35. The number of alkyl carbamates (subject to hydrolysis) is 1. The third-order valence-corrected chi connectivity index (χ3v) is 11.2. The van der Waals surface area contributed by atoms with Crippen LogP contribution in [0.4, 0.5) is 4.79 Å². The number of likely N-dealkylation sites (tertiary alicyclic amines) is 1. The molecule has 1 saturated heterocycles. The second-order valence-electron chi connectivity index (χ2n) is 13.6. The molecule has 4 aliphatic rings. The van der Waals surface area contributed by atoms with Gasteiger partial charge < -0.3 is 25.0 Å². The molecule has 5 rings (SSSR count). The molecule has 1 heterocycles. The van der Waals surface area contributed by atoms with Crippen LogP contribution in [0.15, 0.2) is 46.3 Å². The van der Waals surface area contributed by atoms with Crippen LogP contribution in [0.1, 0.15) is 52.9 Å². The number of hydrogen-bond donors (Lipinski definition) is 2. The van der Waals surface area contributed by atoms with Gasteiger partial charge in [0.15, 0.2) is 0 Å². The summed E-state index contributed by atoms with van der Waals surface area (Å²) in [5.74, 6) is -1.11. The number of nitrogens with one attached hydrogen (secondary N) is 2. The molecule has 0 radical (unpaired) electrons. The molecule has 2 N–H and O–H groups in total. The molecule has 0 aromatic heterocycles. The molecule has 12 nitrogen and oxygen atoms in total. The first-order valence-corrected chi connectivity index (χ1v) is 17.3. The second kappa shape index (κ2) is 12.3. The Balaban J connectivity index is 1.37. The molecule has 14 heteroatoms. The van der Waals surface area contributed by atoms with Gasteiger partial charge in [-0.15, -0.1) is 6.58 Å². The van der Waals surface area contributed by atoms with Crippen LogP contribution in [0, 0.1) is 23.2 Å². The molecule has 1 aromatic carbocycles. The molecule has 45 heavy (non-hydrogen) atoms. The van der Waals surface area contributed by atoms with Crippen molar-refractivity contribution in [3.05, 3.63) is 41.4 Å². The van der Waals surface area contributed by atoms with Crippen LogP contribution >= 0.6 is 15.9 Å². The van der Waals surface area contributed by atoms with Gasteiger partial charge in [-0.1, -0.05) is 42.8 Å². The zero-order chi connectivity index (χ0) is 32.9. The standard InChI is InChI=1S/C31H40BrN3O9S/c1-6-19-15-31(19,28(38)42-5)34-26(36)24-14-22(44-45(40,41)23-9-7-20(32)8-10-23)16-35(24)27(37)25(30(2,3)4)33-29(39)43-21-12-17-11-18(17)13-21/h6-10,17-19,21-22,24-25H,1,11-16H2,2-5H3,(H,33,39)(H,34,36)/t17-,18+,19-,21+,22-,24+,25-,31-/m1/s1. The maximum Gasteiger partial charge on any atom is 0.408 e. The van der Waals surface area contributed by atoms with Gasteiger partial charge in [0.2, 0.25) is 11.8 Å². The lowest BCUT2D eigenvalue weighted by molar-refractivity contribution is -0.148. The van der Waals surface area contributed by atoms with E-state index in [0.717, 1.165) is 19.3 Å². The van der Waals surface area contributed by atoms with Crippen molar-refractivity contribution in [2.75, 3.05) is 13.7 Å². The van der Waals surface area contributed by atoms with Gasteiger partial charge in [-0.2, -0.15) is 8.42 Å².